The zero-order valence-corrected chi connectivity index (χ0v) is 24.9. The molecule has 2 heterocycles. The van der Waals surface area contributed by atoms with Crippen molar-refractivity contribution in [3.8, 4) is 0 Å². The first kappa shape index (κ1) is 31.9. The van der Waals surface area contributed by atoms with Crippen LogP contribution in [0.3, 0.4) is 0 Å². The van der Waals surface area contributed by atoms with Crippen LogP contribution in [-0.2, 0) is 23.7 Å². The van der Waals surface area contributed by atoms with Crippen LogP contribution in [0.2, 0.25) is 0 Å². The average molecular weight is 565 g/mol. The van der Waals surface area contributed by atoms with Crippen LogP contribution in [0.25, 0.3) is 0 Å². The summed E-state index contributed by atoms with van der Waals surface area (Å²) in [4.78, 5) is 10.8. The van der Waals surface area contributed by atoms with E-state index in [1.54, 1.807) is 0 Å². The van der Waals surface area contributed by atoms with Gasteiger partial charge in [0.05, 0.1) is 18.3 Å². The van der Waals surface area contributed by atoms with Crippen molar-refractivity contribution in [3.05, 3.63) is 12.2 Å². The molecule has 7 nitrogen and oxygen atoms in total. The number of aliphatic carboxylic acids is 1. The quantitative estimate of drug-likeness (QED) is 0.163. The summed E-state index contributed by atoms with van der Waals surface area (Å²) in [7, 11) is 0. The van der Waals surface area contributed by atoms with Gasteiger partial charge < -0.3 is 29.2 Å². The van der Waals surface area contributed by atoms with Crippen LogP contribution in [0.5, 0.6) is 0 Å². The van der Waals surface area contributed by atoms with Crippen molar-refractivity contribution in [3.63, 3.8) is 0 Å². The Hall–Kier alpha value is -0.990. The second-order valence-electron chi connectivity index (χ2n) is 12.8. The number of hydrogen-bond donors (Lipinski definition) is 2. The predicted octanol–water partition coefficient (Wildman–Crippen LogP) is 7.00. The number of carboxylic acid groups (broad SMARTS) is 1. The van der Waals surface area contributed by atoms with E-state index in [1.165, 1.54) is 32.1 Å². The summed E-state index contributed by atoms with van der Waals surface area (Å²) < 4.78 is 25.1. The molecule has 0 spiro atoms. The first-order valence-corrected chi connectivity index (χ1v) is 16.7. The van der Waals surface area contributed by atoms with Gasteiger partial charge in [-0.15, -0.1) is 0 Å². The summed E-state index contributed by atoms with van der Waals surface area (Å²) in [5.74, 6) is 0.867. The molecule has 2 saturated heterocycles. The summed E-state index contributed by atoms with van der Waals surface area (Å²) >= 11 is 0. The highest BCUT2D eigenvalue weighted by atomic mass is 16.7. The van der Waals surface area contributed by atoms with Crippen molar-refractivity contribution in [1.29, 1.82) is 0 Å². The Labute approximate surface area is 242 Å². The molecule has 0 aromatic rings. The van der Waals surface area contributed by atoms with Gasteiger partial charge in [0.2, 0.25) is 0 Å². The maximum Gasteiger partial charge on any atom is 0.303 e. The fourth-order valence-electron chi connectivity index (χ4n) is 7.39. The second-order valence-corrected chi connectivity index (χ2v) is 12.8. The standard InChI is InChI=1S/C33H56O7/c1-2-24-15-17-25(18-16-24)29(39-32-13-7-9-21-37-32)20-19-27-26(11-5-3-4-6-12-31(35)36)28(34)23-30(27)40-33-14-8-10-22-38-33/h19-20,24-30,32-34H,2-18,21-23H2,1H3,(H,35,36)/t24?,25?,26-,27-,28+,29-,30-,32?,33?/m1/s1. The molecule has 0 radical (unpaired) electrons. The lowest BCUT2D eigenvalue weighted by Gasteiger charge is -2.35. The molecule has 0 bridgehead atoms. The molecule has 2 unspecified atom stereocenters. The van der Waals surface area contributed by atoms with Crippen LogP contribution in [0, 0.1) is 23.7 Å². The van der Waals surface area contributed by atoms with Crippen molar-refractivity contribution in [2.75, 3.05) is 13.2 Å². The van der Waals surface area contributed by atoms with Gasteiger partial charge in [0.25, 0.3) is 0 Å². The molecule has 7 atom stereocenters. The van der Waals surface area contributed by atoms with E-state index in [4.69, 9.17) is 24.1 Å². The number of aliphatic hydroxyl groups excluding tert-OH is 1. The lowest BCUT2D eigenvalue weighted by Crippen LogP contribution is -2.34. The lowest BCUT2D eigenvalue weighted by molar-refractivity contribution is -0.193. The number of carbonyl (C=O) groups is 1. The number of carboxylic acids is 1. The monoisotopic (exact) mass is 564 g/mol. The number of unbranched alkanes of at least 4 members (excludes halogenated alkanes) is 3. The molecule has 0 aromatic heterocycles. The molecule has 7 heteroatoms. The van der Waals surface area contributed by atoms with Crippen LogP contribution in [0.4, 0.5) is 0 Å². The molecule has 0 amide bonds. The van der Waals surface area contributed by atoms with Gasteiger partial charge in [-0.1, -0.05) is 57.6 Å². The number of rotatable bonds is 15. The van der Waals surface area contributed by atoms with E-state index >= 15 is 0 Å². The topological polar surface area (TPSA) is 94.5 Å². The van der Waals surface area contributed by atoms with Crippen LogP contribution >= 0.6 is 0 Å². The number of hydrogen-bond acceptors (Lipinski definition) is 6. The van der Waals surface area contributed by atoms with E-state index in [9.17, 15) is 9.90 Å². The maximum atomic E-state index is 11.2. The minimum absolute atomic E-state index is 0.0295. The molecular formula is C33H56O7. The summed E-state index contributed by atoms with van der Waals surface area (Å²) in [5.41, 5.74) is 0. The molecule has 2 saturated carbocycles. The van der Waals surface area contributed by atoms with Gasteiger partial charge in [-0.25, -0.2) is 0 Å². The van der Waals surface area contributed by atoms with Gasteiger partial charge in [-0.2, -0.15) is 0 Å². The highest BCUT2D eigenvalue weighted by Crippen LogP contribution is 2.41. The van der Waals surface area contributed by atoms with E-state index in [2.05, 4.69) is 19.1 Å². The fraction of sp³-hybridized carbons (Fsp3) is 0.909. The van der Waals surface area contributed by atoms with Gasteiger partial charge in [0.15, 0.2) is 12.6 Å². The van der Waals surface area contributed by atoms with Gasteiger partial charge >= 0.3 is 5.97 Å². The second kappa shape index (κ2) is 17.2. The number of ether oxygens (including phenoxy) is 4. The Morgan fingerprint density at radius 2 is 1.62 bits per heavy atom. The van der Waals surface area contributed by atoms with E-state index in [0.29, 0.717) is 12.3 Å². The molecule has 4 aliphatic rings. The molecule has 2 N–H and O–H groups in total. The summed E-state index contributed by atoms with van der Waals surface area (Å²) in [6.45, 7) is 3.84. The summed E-state index contributed by atoms with van der Waals surface area (Å²) in [6.07, 6.45) is 21.9. The molecule has 0 aromatic carbocycles. The molecule has 2 aliphatic carbocycles. The number of aliphatic hydroxyl groups is 1. The zero-order valence-electron chi connectivity index (χ0n) is 24.9. The summed E-state index contributed by atoms with van der Waals surface area (Å²) in [6, 6.07) is 0. The first-order valence-electron chi connectivity index (χ1n) is 16.7. The Bertz CT molecular complexity index is 737. The smallest absolute Gasteiger partial charge is 0.303 e. The van der Waals surface area contributed by atoms with Gasteiger partial charge in [0.1, 0.15) is 0 Å². The van der Waals surface area contributed by atoms with Crippen LogP contribution in [0.1, 0.15) is 122 Å². The molecule has 40 heavy (non-hydrogen) atoms. The maximum absolute atomic E-state index is 11.2. The SMILES string of the molecule is CCC1CCC([C@@H](C=C[C@@H]2[C@@H](CCCCCCC(=O)O)[C@@H](O)C[C@H]2OC2CCCCO2)OC2CCCCO2)CC1. The molecular weight excluding hydrogens is 508 g/mol. The lowest BCUT2D eigenvalue weighted by atomic mass is 9.78. The predicted molar refractivity (Wildman–Crippen MR) is 155 cm³/mol. The van der Waals surface area contributed by atoms with Gasteiger partial charge in [0, 0.05) is 32.0 Å². The van der Waals surface area contributed by atoms with E-state index < -0.39 is 12.1 Å². The average Bonchev–Trinajstić information content (AvgIpc) is 3.27. The Balaban J connectivity index is 1.43. The van der Waals surface area contributed by atoms with Crippen molar-refractivity contribution in [2.45, 2.75) is 153 Å². The highest BCUT2D eigenvalue weighted by Gasteiger charge is 2.43. The minimum atomic E-state index is -0.722. The van der Waals surface area contributed by atoms with Crippen LogP contribution in [0.15, 0.2) is 12.2 Å². The van der Waals surface area contributed by atoms with Crippen LogP contribution in [-0.4, -0.2) is 60.3 Å². The van der Waals surface area contributed by atoms with E-state index in [0.717, 1.165) is 89.8 Å². The van der Waals surface area contributed by atoms with Crippen molar-refractivity contribution < 1.29 is 34.0 Å². The minimum Gasteiger partial charge on any atom is -0.481 e. The van der Waals surface area contributed by atoms with Gasteiger partial charge in [-0.3, -0.25) is 4.79 Å². The van der Waals surface area contributed by atoms with E-state index in [1.807, 2.05) is 0 Å². The van der Waals surface area contributed by atoms with Crippen molar-refractivity contribution >= 4 is 5.97 Å². The Morgan fingerprint density at radius 3 is 2.27 bits per heavy atom. The summed E-state index contributed by atoms with van der Waals surface area (Å²) in [5, 5.41) is 20.1. The molecule has 4 fully saturated rings. The normalized spacial score (nSPS) is 36.1. The third-order valence-corrected chi connectivity index (χ3v) is 9.94. The highest BCUT2D eigenvalue weighted by molar-refractivity contribution is 5.66. The van der Waals surface area contributed by atoms with E-state index in [-0.39, 0.29) is 43.0 Å². The first-order chi connectivity index (χ1) is 19.5. The largest absolute Gasteiger partial charge is 0.481 e. The molecule has 230 valence electrons. The van der Waals surface area contributed by atoms with Crippen molar-refractivity contribution in [2.24, 2.45) is 23.7 Å². The molecule has 2 aliphatic heterocycles. The molecule has 4 rings (SSSR count). The van der Waals surface area contributed by atoms with Crippen LogP contribution < -0.4 is 0 Å². The van der Waals surface area contributed by atoms with Crippen molar-refractivity contribution in [1.82, 2.24) is 0 Å². The third-order valence-electron chi connectivity index (χ3n) is 9.94. The Morgan fingerprint density at radius 1 is 0.925 bits per heavy atom. The fourth-order valence-corrected chi connectivity index (χ4v) is 7.39. The Kier molecular flexibility index (Phi) is 13.7. The van der Waals surface area contributed by atoms with Gasteiger partial charge in [-0.05, 0) is 82.0 Å². The zero-order chi connectivity index (χ0) is 28.2. The third kappa shape index (κ3) is 10.1.